The van der Waals surface area contributed by atoms with Crippen molar-refractivity contribution in [3.05, 3.63) is 53.9 Å². The van der Waals surface area contributed by atoms with Crippen molar-refractivity contribution in [2.75, 3.05) is 6.54 Å². The molecule has 0 amide bonds. The summed E-state index contributed by atoms with van der Waals surface area (Å²) in [4.78, 5) is 4.05. The van der Waals surface area contributed by atoms with Crippen molar-refractivity contribution in [3.8, 4) is 11.5 Å². The van der Waals surface area contributed by atoms with Crippen LogP contribution in [0.1, 0.15) is 18.1 Å². The second-order valence-electron chi connectivity index (χ2n) is 4.18. The summed E-state index contributed by atoms with van der Waals surface area (Å²) >= 11 is 0. The Morgan fingerprint density at radius 3 is 2.89 bits per heavy atom. The Morgan fingerprint density at radius 1 is 1.28 bits per heavy atom. The number of rotatable bonds is 5. The molecule has 0 unspecified atom stereocenters. The molecule has 1 N–H and O–H groups in total. The quantitative estimate of drug-likeness (QED) is 0.873. The second-order valence-corrected chi connectivity index (χ2v) is 4.18. The molecule has 0 aliphatic heterocycles. The standard InChI is InChI=1S/C15H18N2O/c1-3-16-10-13-9-12(2)6-7-15(13)18-14-5-4-8-17-11-14/h4-9,11,16H,3,10H2,1-2H3. The summed E-state index contributed by atoms with van der Waals surface area (Å²) < 4.78 is 5.86. The number of aromatic nitrogens is 1. The minimum atomic E-state index is 0.763. The van der Waals surface area contributed by atoms with E-state index in [0.717, 1.165) is 24.6 Å². The van der Waals surface area contributed by atoms with Crippen LogP contribution in [0.3, 0.4) is 0 Å². The van der Waals surface area contributed by atoms with E-state index >= 15 is 0 Å². The van der Waals surface area contributed by atoms with Gasteiger partial charge in [-0.3, -0.25) is 4.98 Å². The Bertz CT molecular complexity index is 497. The molecular formula is C15H18N2O. The first-order chi connectivity index (χ1) is 8.79. The highest BCUT2D eigenvalue weighted by Gasteiger charge is 2.05. The van der Waals surface area contributed by atoms with Gasteiger partial charge >= 0.3 is 0 Å². The molecule has 0 saturated heterocycles. The van der Waals surface area contributed by atoms with Crippen LogP contribution in [0.4, 0.5) is 0 Å². The average Bonchev–Trinajstić information content (AvgIpc) is 2.40. The predicted molar refractivity (Wildman–Crippen MR) is 72.9 cm³/mol. The molecule has 2 aromatic rings. The van der Waals surface area contributed by atoms with Crippen LogP contribution in [-0.4, -0.2) is 11.5 Å². The van der Waals surface area contributed by atoms with E-state index in [0.29, 0.717) is 0 Å². The average molecular weight is 242 g/mol. The van der Waals surface area contributed by atoms with E-state index in [1.165, 1.54) is 11.1 Å². The van der Waals surface area contributed by atoms with Crippen molar-refractivity contribution >= 4 is 0 Å². The molecule has 1 heterocycles. The van der Waals surface area contributed by atoms with Crippen molar-refractivity contribution in [2.45, 2.75) is 20.4 Å². The molecule has 0 radical (unpaired) electrons. The largest absolute Gasteiger partial charge is 0.455 e. The Balaban J connectivity index is 2.21. The van der Waals surface area contributed by atoms with Gasteiger partial charge in [-0.1, -0.05) is 24.6 Å². The van der Waals surface area contributed by atoms with Gasteiger partial charge in [0.2, 0.25) is 0 Å². The Hall–Kier alpha value is -1.87. The van der Waals surface area contributed by atoms with Crippen molar-refractivity contribution in [1.29, 1.82) is 0 Å². The van der Waals surface area contributed by atoms with Crippen LogP contribution in [0.2, 0.25) is 0 Å². The summed E-state index contributed by atoms with van der Waals surface area (Å²) in [7, 11) is 0. The van der Waals surface area contributed by atoms with Gasteiger partial charge in [0.25, 0.3) is 0 Å². The summed E-state index contributed by atoms with van der Waals surface area (Å²) in [5.74, 6) is 1.65. The number of nitrogens with one attached hydrogen (secondary N) is 1. The molecule has 0 aliphatic carbocycles. The minimum Gasteiger partial charge on any atom is -0.455 e. The van der Waals surface area contributed by atoms with E-state index in [4.69, 9.17) is 4.74 Å². The summed E-state index contributed by atoms with van der Waals surface area (Å²) in [6, 6.07) is 9.99. The molecule has 3 heteroatoms. The molecule has 18 heavy (non-hydrogen) atoms. The van der Waals surface area contributed by atoms with Crippen LogP contribution in [0.25, 0.3) is 0 Å². The first kappa shape index (κ1) is 12.6. The Kier molecular flexibility index (Phi) is 4.31. The number of benzene rings is 1. The number of aryl methyl sites for hydroxylation is 1. The molecule has 0 atom stereocenters. The molecular weight excluding hydrogens is 224 g/mol. The highest BCUT2D eigenvalue weighted by Crippen LogP contribution is 2.25. The van der Waals surface area contributed by atoms with Gasteiger partial charge in [0.15, 0.2) is 0 Å². The maximum absolute atomic E-state index is 5.86. The number of hydrogen-bond donors (Lipinski definition) is 1. The summed E-state index contributed by atoms with van der Waals surface area (Å²) in [6.45, 7) is 5.94. The number of nitrogens with zero attached hydrogens (tertiary/aromatic N) is 1. The van der Waals surface area contributed by atoms with Crippen LogP contribution in [0.5, 0.6) is 11.5 Å². The van der Waals surface area contributed by atoms with E-state index in [1.54, 1.807) is 12.4 Å². The zero-order valence-corrected chi connectivity index (χ0v) is 10.8. The fourth-order valence-corrected chi connectivity index (χ4v) is 1.74. The highest BCUT2D eigenvalue weighted by atomic mass is 16.5. The molecule has 94 valence electrons. The van der Waals surface area contributed by atoms with Crippen LogP contribution >= 0.6 is 0 Å². The van der Waals surface area contributed by atoms with E-state index in [2.05, 4.69) is 36.3 Å². The molecule has 1 aromatic carbocycles. The number of ether oxygens (including phenoxy) is 1. The van der Waals surface area contributed by atoms with Crippen molar-refractivity contribution < 1.29 is 4.74 Å². The van der Waals surface area contributed by atoms with Gasteiger partial charge in [-0.2, -0.15) is 0 Å². The highest BCUT2D eigenvalue weighted by molar-refractivity contribution is 5.39. The van der Waals surface area contributed by atoms with Gasteiger partial charge in [-0.05, 0) is 31.7 Å². The van der Waals surface area contributed by atoms with Gasteiger partial charge in [-0.25, -0.2) is 0 Å². The van der Waals surface area contributed by atoms with Crippen molar-refractivity contribution in [3.63, 3.8) is 0 Å². The second kappa shape index (κ2) is 6.17. The molecule has 1 aromatic heterocycles. The molecule has 0 aliphatic rings. The van der Waals surface area contributed by atoms with Crippen LogP contribution in [-0.2, 0) is 6.54 Å². The van der Waals surface area contributed by atoms with Gasteiger partial charge in [-0.15, -0.1) is 0 Å². The summed E-state index contributed by atoms with van der Waals surface area (Å²) in [5, 5.41) is 3.32. The zero-order valence-electron chi connectivity index (χ0n) is 10.8. The Morgan fingerprint density at radius 2 is 2.17 bits per heavy atom. The number of pyridine rings is 1. The van der Waals surface area contributed by atoms with E-state index in [1.807, 2.05) is 18.2 Å². The third-order valence-electron chi connectivity index (χ3n) is 2.64. The number of hydrogen-bond acceptors (Lipinski definition) is 3. The lowest BCUT2D eigenvalue weighted by molar-refractivity contribution is 0.471. The lowest BCUT2D eigenvalue weighted by atomic mass is 10.1. The topological polar surface area (TPSA) is 34.1 Å². The molecule has 0 fully saturated rings. The van der Waals surface area contributed by atoms with Crippen molar-refractivity contribution in [2.24, 2.45) is 0 Å². The zero-order chi connectivity index (χ0) is 12.8. The molecule has 0 bridgehead atoms. The normalized spacial score (nSPS) is 10.3. The predicted octanol–water partition coefficient (Wildman–Crippen LogP) is 3.29. The fraction of sp³-hybridized carbons (Fsp3) is 0.267. The lowest BCUT2D eigenvalue weighted by Gasteiger charge is -2.12. The van der Waals surface area contributed by atoms with Crippen LogP contribution < -0.4 is 10.1 Å². The maximum Gasteiger partial charge on any atom is 0.145 e. The summed E-state index contributed by atoms with van der Waals surface area (Å²) in [6.07, 6.45) is 3.46. The third-order valence-corrected chi connectivity index (χ3v) is 2.64. The first-order valence-electron chi connectivity index (χ1n) is 6.17. The van der Waals surface area contributed by atoms with Gasteiger partial charge in [0, 0.05) is 18.3 Å². The van der Waals surface area contributed by atoms with E-state index in [9.17, 15) is 0 Å². The lowest BCUT2D eigenvalue weighted by Crippen LogP contribution is -2.12. The maximum atomic E-state index is 5.86. The summed E-state index contributed by atoms with van der Waals surface area (Å²) in [5.41, 5.74) is 2.40. The monoisotopic (exact) mass is 242 g/mol. The van der Waals surface area contributed by atoms with Crippen molar-refractivity contribution in [1.82, 2.24) is 10.3 Å². The van der Waals surface area contributed by atoms with Gasteiger partial charge in [0.1, 0.15) is 11.5 Å². The van der Waals surface area contributed by atoms with E-state index in [-0.39, 0.29) is 0 Å². The van der Waals surface area contributed by atoms with Gasteiger partial charge < -0.3 is 10.1 Å². The molecule has 0 saturated carbocycles. The van der Waals surface area contributed by atoms with Crippen LogP contribution in [0.15, 0.2) is 42.7 Å². The molecule has 3 nitrogen and oxygen atoms in total. The van der Waals surface area contributed by atoms with E-state index < -0.39 is 0 Å². The molecule has 0 spiro atoms. The minimum absolute atomic E-state index is 0.763. The smallest absolute Gasteiger partial charge is 0.145 e. The van der Waals surface area contributed by atoms with Crippen LogP contribution in [0, 0.1) is 6.92 Å². The third kappa shape index (κ3) is 3.31. The first-order valence-corrected chi connectivity index (χ1v) is 6.17. The SMILES string of the molecule is CCNCc1cc(C)ccc1Oc1cccnc1. The fourth-order valence-electron chi connectivity index (χ4n) is 1.74. The Labute approximate surface area is 108 Å². The molecule has 2 rings (SSSR count). The van der Waals surface area contributed by atoms with Gasteiger partial charge in [0.05, 0.1) is 6.20 Å².